The van der Waals surface area contributed by atoms with Crippen LogP contribution in [0.1, 0.15) is 0 Å². The molecule has 0 aliphatic carbocycles. The standard InChI is InChI=1S/Al.La.H2O.H3P.Ti.3H/h;;1H2;1H3;;;;. The quantitative estimate of drug-likeness (QED) is 0.361. The van der Waals surface area contributed by atoms with Gasteiger partial charge in [0.25, 0.3) is 0 Å². The molecule has 0 saturated heterocycles. The van der Waals surface area contributed by atoms with Crippen molar-refractivity contribution in [1.29, 1.82) is 0 Å². The zero-order chi connectivity index (χ0) is 0. The van der Waals surface area contributed by atoms with Gasteiger partial charge in [-0.15, -0.1) is 0 Å². The van der Waals surface area contributed by atoms with Crippen LogP contribution in [0.4, 0.5) is 0 Å². The SMILES string of the molecule is O.P.[AlH3].[La].[Ti]. The molecule has 0 spiro atoms. The van der Waals surface area contributed by atoms with E-state index in [-0.39, 0.29) is 90.1 Å². The molecule has 0 aliphatic rings. The van der Waals surface area contributed by atoms with Crippen LogP contribution < -0.4 is 0 Å². The van der Waals surface area contributed by atoms with E-state index < -0.39 is 0 Å². The van der Waals surface area contributed by atoms with Crippen LogP contribution in [0.2, 0.25) is 0 Å². The molecule has 1 nitrogen and oxygen atoms in total. The Hall–Kier alpha value is 2.83. The molecule has 29 valence electrons. The maximum absolute atomic E-state index is 0. The third-order valence-electron chi connectivity index (χ3n) is 0. The topological polar surface area (TPSA) is 31.5 Å². The van der Waals surface area contributed by atoms with E-state index in [4.69, 9.17) is 0 Å². The van der Waals surface area contributed by atoms with Gasteiger partial charge in [0, 0.05) is 57.3 Å². The Labute approximate surface area is 88.6 Å². The van der Waals surface area contributed by atoms with Crippen molar-refractivity contribution >= 4 is 27.3 Å². The minimum Gasteiger partial charge on any atom is -0.412 e. The molecule has 1 radical (unpaired) electrons. The third kappa shape index (κ3) is 19.9. The van der Waals surface area contributed by atoms with E-state index in [1.807, 2.05) is 0 Å². The molecular weight excluding hydrogens is 261 g/mol. The maximum atomic E-state index is 0. The fourth-order valence-electron chi connectivity index (χ4n) is 0. The zero-order valence-electron chi connectivity index (χ0n) is 2.28. The zero-order valence-corrected chi connectivity index (χ0v) is 8.89. The summed E-state index contributed by atoms with van der Waals surface area (Å²) in [6.07, 6.45) is 0. The van der Waals surface area contributed by atoms with Gasteiger partial charge in [0.1, 0.15) is 0 Å². The second-order valence-electron chi connectivity index (χ2n) is 0. The Morgan fingerprint density at radius 1 is 1.00 bits per heavy atom. The van der Waals surface area contributed by atoms with E-state index in [9.17, 15) is 0 Å². The molecule has 0 saturated carbocycles. The monoisotopic (exact) mass is 269 g/mol. The fraction of sp³-hybridized carbons (Fsp3) is 0. The van der Waals surface area contributed by atoms with Crippen LogP contribution in [0.25, 0.3) is 0 Å². The van der Waals surface area contributed by atoms with Gasteiger partial charge in [-0.2, -0.15) is 9.90 Å². The molecule has 1 atom stereocenters. The van der Waals surface area contributed by atoms with Crippen molar-refractivity contribution in [2.45, 2.75) is 0 Å². The van der Waals surface area contributed by atoms with E-state index in [2.05, 4.69) is 0 Å². The minimum absolute atomic E-state index is 0. The first-order valence-electron chi connectivity index (χ1n) is 0. The van der Waals surface area contributed by atoms with E-state index in [0.717, 1.165) is 0 Å². The Morgan fingerprint density at radius 2 is 1.00 bits per heavy atom. The maximum Gasteiger partial charge on any atom is 0.187 e. The molecule has 0 rings (SSSR count). The van der Waals surface area contributed by atoms with Crippen LogP contribution in [0.3, 0.4) is 0 Å². The van der Waals surface area contributed by atoms with Gasteiger partial charge in [0.2, 0.25) is 0 Å². The second-order valence-corrected chi connectivity index (χ2v) is 0. The predicted molar refractivity (Wildman–Crippen MR) is 24.7 cm³/mol. The molecule has 5 heteroatoms. The third-order valence-corrected chi connectivity index (χ3v) is 0. The fourth-order valence-corrected chi connectivity index (χ4v) is 0. The minimum atomic E-state index is 0. The summed E-state index contributed by atoms with van der Waals surface area (Å²) in [6, 6.07) is 0. The molecule has 2 N–H and O–H groups in total. The van der Waals surface area contributed by atoms with Crippen LogP contribution >= 0.6 is 9.90 Å². The summed E-state index contributed by atoms with van der Waals surface area (Å²) in [5, 5.41) is 0. The normalized spacial score (nSPS) is 0. The van der Waals surface area contributed by atoms with E-state index in [0.29, 0.717) is 0 Å². The molecule has 1 unspecified atom stereocenters. The van der Waals surface area contributed by atoms with Crippen LogP contribution in [0.15, 0.2) is 0 Å². The Morgan fingerprint density at radius 3 is 1.00 bits per heavy atom. The van der Waals surface area contributed by atoms with Gasteiger partial charge in [-0.1, -0.05) is 0 Å². The summed E-state index contributed by atoms with van der Waals surface area (Å²) in [4.78, 5) is 0. The van der Waals surface area contributed by atoms with Crippen molar-refractivity contribution in [2.24, 2.45) is 0 Å². The van der Waals surface area contributed by atoms with Crippen molar-refractivity contribution < 1.29 is 62.8 Å². The number of hydrogen-bond acceptors (Lipinski definition) is 0. The van der Waals surface area contributed by atoms with Crippen molar-refractivity contribution in [1.82, 2.24) is 0 Å². The number of rotatable bonds is 0. The molecule has 5 heavy (non-hydrogen) atoms. The summed E-state index contributed by atoms with van der Waals surface area (Å²) in [5.74, 6) is 0. The molecule has 0 aromatic heterocycles. The smallest absolute Gasteiger partial charge is 0.187 e. The van der Waals surface area contributed by atoms with Crippen LogP contribution in [-0.2, 0) is 21.7 Å². The summed E-state index contributed by atoms with van der Waals surface area (Å²) in [5.41, 5.74) is 0. The summed E-state index contributed by atoms with van der Waals surface area (Å²) >= 11 is 0. The molecule has 0 heterocycles. The summed E-state index contributed by atoms with van der Waals surface area (Å²) in [6.45, 7) is 0. The van der Waals surface area contributed by atoms with E-state index in [1.54, 1.807) is 0 Å². The molecule has 0 bridgehead atoms. The van der Waals surface area contributed by atoms with Gasteiger partial charge in [0.05, 0.1) is 0 Å². The van der Waals surface area contributed by atoms with Crippen molar-refractivity contribution in [3.05, 3.63) is 0 Å². The van der Waals surface area contributed by atoms with Crippen molar-refractivity contribution in [2.75, 3.05) is 0 Å². The van der Waals surface area contributed by atoms with Crippen LogP contribution in [0, 0.1) is 35.6 Å². The average molecular weight is 269 g/mol. The Balaban J connectivity index is 0. The molecular formula is H8AlLaOPTi. The van der Waals surface area contributed by atoms with Crippen LogP contribution in [0.5, 0.6) is 0 Å². The van der Waals surface area contributed by atoms with Gasteiger partial charge >= 0.3 is 0 Å². The van der Waals surface area contributed by atoms with Gasteiger partial charge in [0.15, 0.2) is 17.4 Å². The first-order valence-corrected chi connectivity index (χ1v) is 0. The first-order chi connectivity index (χ1) is 0. The molecule has 0 aliphatic heterocycles. The summed E-state index contributed by atoms with van der Waals surface area (Å²) < 4.78 is 0. The van der Waals surface area contributed by atoms with Gasteiger partial charge in [-0.3, -0.25) is 0 Å². The Kier molecular flexibility index (Phi) is 264. The van der Waals surface area contributed by atoms with Crippen molar-refractivity contribution in [3.63, 3.8) is 0 Å². The second kappa shape index (κ2) is 29.0. The Bertz CT molecular complexity index is 11.6. The molecule has 0 fully saturated rings. The van der Waals surface area contributed by atoms with Gasteiger partial charge in [-0.25, -0.2) is 0 Å². The average Bonchev–Trinajstić information content (AvgIpc) is 0. The number of hydrogen-bond donors (Lipinski definition) is 0. The first kappa shape index (κ1) is 45.6. The predicted octanol–water partition coefficient (Wildman–Crippen LogP) is -1.95. The van der Waals surface area contributed by atoms with Gasteiger partial charge < -0.3 is 5.48 Å². The van der Waals surface area contributed by atoms with E-state index >= 15 is 0 Å². The molecule has 0 aromatic rings. The molecule has 0 amide bonds. The largest absolute Gasteiger partial charge is 0.412 e. The van der Waals surface area contributed by atoms with Crippen LogP contribution in [-0.4, -0.2) is 22.8 Å². The van der Waals surface area contributed by atoms with E-state index in [1.165, 1.54) is 0 Å². The summed E-state index contributed by atoms with van der Waals surface area (Å²) in [7, 11) is 0. The van der Waals surface area contributed by atoms with Gasteiger partial charge in [-0.05, 0) is 0 Å². The molecule has 0 aromatic carbocycles. The van der Waals surface area contributed by atoms with Crippen molar-refractivity contribution in [3.8, 4) is 0 Å².